The van der Waals surface area contributed by atoms with Gasteiger partial charge in [-0.25, -0.2) is 0 Å². The summed E-state index contributed by atoms with van der Waals surface area (Å²) in [6.07, 6.45) is 2.80. The second kappa shape index (κ2) is 7.84. The number of nitrogens with zero attached hydrogens (tertiary/aromatic N) is 3. The number of ether oxygens (including phenoxy) is 3. The predicted octanol–water partition coefficient (Wildman–Crippen LogP) is 1.65. The molecule has 7 nitrogen and oxygen atoms in total. The van der Waals surface area contributed by atoms with Crippen LogP contribution in [0.3, 0.4) is 0 Å². The summed E-state index contributed by atoms with van der Waals surface area (Å²) >= 11 is 0. The largest absolute Gasteiger partial charge is 0.464 e. The van der Waals surface area contributed by atoms with Gasteiger partial charge < -0.3 is 19.5 Å². The van der Waals surface area contributed by atoms with Crippen molar-refractivity contribution in [3.05, 3.63) is 0 Å². The molecule has 0 spiro atoms. The molecule has 20 heavy (non-hydrogen) atoms. The van der Waals surface area contributed by atoms with Crippen LogP contribution in [0.2, 0.25) is 0 Å². The molecule has 0 saturated carbocycles. The van der Waals surface area contributed by atoms with Crippen LogP contribution >= 0.6 is 0 Å². The van der Waals surface area contributed by atoms with E-state index >= 15 is 0 Å². The third-order valence-electron chi connectivity index (χ3n) is 2.84. The quantitative estimate of drug-likeness (QED) is 0.814. The highest BCUT2D eigenvalue weighted by Gasteiger charge is 2.18. The summed E-state index contributed by atoms with van der Waals surface area (Å²) in [6.45, 7) is 6.71. The van der Waals surface area contributed by atoms with Gasteiger partial charge in [0.2, 0.25) is 5.95 Å². The number of nitrogens with one attached hydrogen (secondary N) is 1. The van der Waals surface area contributed by atoms with E-state index in [0.29, 0.717) is 24.6 Å². The zero-order valence-corrected chi connectivity index (χ0v) is 12.1. The molecule has 1 aliphatic rings. The normalized spacial score (nSPS) is 15.9. The molecule has 1 saturated heterocycles. The van der Waals surface area contributed by atoms with Crippen molar-refractivity contribution in [3.63, 3.8) is 0 Å². The average Bonchev–Trinajstić information content (AvgIpc) is 2.46. The number of rotatable bonds is 7. The first-order chi connectivity index (χ1) is 9.81. The lowest BCUT2D eigenvalue weighted by atomic mass is 10.2. The van der Waals surface area contributed by atoms with Gasteiger partial charge in [-0.1, -0.05) is 6.92 Å². The molecule has 7 heteroatoms. The Hall–Kier alpha value is -1.63. The Morgan fingerprint density at radius 1 is 1.15 bits per heavy atom. The minimum atomic E-state index is 0.0969. The van der Waals surface area contributed by atoms with E-state index in [1.54, 1.807) is 0 Å². The van der Waals surface area contributed by atoms with Crippen molar-refractivity contribution in [3.8, 4) is 12.0 Å². The summed E-state index contributed by atoms with van der Waals surface area (Å²) in [4.78, 5) is 12.6. The number of hydrogen-bond donors (Lipinski definition) is 1. The summed E-state index contributed by atoms with van der Waals surface area (Å²) in [5.41, 5.74) is 0. The van der Waals surface area contributed by atoms with Gasteiger partial charge in [0.1, 0.15) is 6.10 Å². The molecule has 112 valence electrons. The molecule has 0 radical (unpaired) electrons. The Kier molecular flexibility index (Phi) is 5.79. The zero-order valence-electron chi connectivity index (χ0n) is 12.1. The third kappa shape index (κ3) is 4.48. The molecule has 0 unspecified atom stereocenters. The van der Waals surface area contributed by atoms with Crippen molar-refractivity contribution in [2.24, 2.45) is 0 Å². The van der Waals surface area contributed by atoms with Crippen molar-refractivity contribution in [1.29, 1.82) is 0 Å². The summed E-state index contributed by atoms with van der Waals surface area (Å²) in [6, 6.07) is 0.608. The molecule has 0 bridgehead atoms. The fourth-order valence-corrected chi connectivity index (χ4v) is 1.84. The van der Waals surface area contributed by atoms with E-state index in [-0.39, 0.29) is 6.10 Å². The van der Waals surface area contributed by atoms with Crippen molar-refractivity contribution in [1.82, 2.24) is 15.0 Å². The highest BCUT2D eigenvalue weighted by Crippen LogP contribution is 2.18. The number of aromatic nitrogens is 3. The van der Waals surface area contributed by atoms with E-state index in [4.69, 9.17) is 14.2 Å². The maximum Gasteiger partial charge on any atom is 0.324 e. The first kappa shape index (κ1) is 14.8. The standard InChI is InChI=1S/C13H22N4O3/c1-3-7-14-11-15-12(19-4-2)17-13(16-11)20-10-5-8-18-9-6-10/h10H,3-9H2,1-2H3,(H,14,15,16,17). The van der Waals surface area contributed by atoms with E-state index < -0.39 is 0 Å². The first-order valence-corrected chi connectivity index (χ1v) is 7.19. The average molecular weight is 282 g/mol. The van der Waals surface area contributed by atoms with Crippen LogP contribution in [-0.4, -0.2) is 47.4 Å². The van der Waals surface area contributed by atoms with Crippen molar-refractivity contribution in [2.45, 2.75) is 39.2 Å². The minimum Gasteiger partial charge on any atom is -0.464 e. The van der Waals surface area contributed by atoms with Crippen molar-refractivity contribution >= 4 is 5.95 Å². The van der Waals surface area contributed by atoms with E-state index in [0.717, 1.165) is 39.0 Å². The highest BCUT2D eigenvalue weighted by molar-refractivity contribution is 5.27. The second-order valence-electron chi connectivity index (χ2n) is 4.51. The maximum atomic E-state index is 5.80. The Bertz CT molecular complexity index is 411. The third-order valence-corrected chi connectivity index (χ3v) is 2.84. The molecule has 1 N–H and O–H groups in total. The highest BCUT2D eigenvalue weighted by atomic mass is 16.5. The summed E-state index contributed by atoms with van der Waals surface area (Å²) in [5, 5.41) is 3.12. The van der Waals surface area contributed by atoms with Crippen LogP contribution in [0.15, 0.2) is 0 Å². The Morgan fingerprint density at radius 2 is 1.90 bits per heavy atom. The van der Waals surface area contributed by atoms with Gasteiger partial charge in [-0.3, -0.25) is 0 Å². The van der Waals surface area contributed by atoms with Gasteiger partial charge in [-0.2, -0.15) is 9.97 Å². The molecule has 2 heterocycles. The molecule has 0 amide bonds. The number of hydrogen-bond acceptors (Lipinski definition) is 7. The molecule has 1 aromatic rings. The lowest BCUT2D eigenvalue weighted by Gasteiger charge is -2.22. The second-order valence-corrected chi connectivity index (χ2v) is 4.51. The first-order valence-electron chi connectivity index (χ1n) is 7.19. The molecular weight excluding hydrogens is 260 g/mol. The fraction of sp³-hybridized carbons (Fsp3) is 0.769. The van der Waals surface area contributed by atoms with Gasteiger partial charge in [0.15, 0.2) is 0 Å². The van der Waals surface area contributed by atoms with Crippen LogP contribution in [0.4, 0.5) is 5.95 Å². The van der Waals surface area contributed by atoms with Gasteiger partial charge in [0, 0.05) is 19.4 Å². The van der Waals surface area contributed by atoms with Gasteiger partial charge in [-0.05, 0) is 13.3 Å². The molecule has 2 rings (SSSR count). The van der Waals surface area contributed by atoms with Crippen LogP contribution < -0.4 is 14.8 Å². The topological polar surface area (TPSA) is 78.4 Å². The van der Waals surface area contributed by atoms with Crippen LogP contribution in [0.5, 0.6) is 12.0 Å². The minimum absolute atomic E-state index is 0.0969. The lowest BCUT2D eigenvalue weighted by Crippen LogP contribution is -2.26. The predicted molar refractivity (Wildman–Crippen MR) is 74.2 cm³/mol. The van der Waals surface area contributed by atoms with Crippen LogP contribution in [0.1, 0.15) is 33.1 Å². The lowest BCUT2D eigenvalue weighted by molar-refractivity contribution is 0.0213. The van der Waals surface area contributed by atoms with E-state index in [1.807, 2.05) is 6.92 Å². The van der Waals surface area contributed by atoms with Crippen LogP contribution in [0.25, 0.3) is 0 Å². The van der Waals surface area contributed by atoms with Crippen LogP contribution in [0, 0.1) is 0 Å². The van der Waals surface area contributed by atoms with Crippen LogP contribution in [-0.2, 0) is 4.74 Å². The smallest absolute Gasteiger partial charge is 0.324 e. The Morgan fingerprint density at radius 3 is 2.60 bits per heavy atom. The van der Waals surface area contributed by atoms with Crippen molar-refractivity contribution in [2.75, 3.05) is 31.7 Å². The van der Waals surface area contributed by atoms with Crippen molar-refractivity contribution < 1.29 is 14.2 Å². The van der Waals surface area contributed by atoms with Gasteiger partial charge >= 0.3 is 12.0 Å². The summed E-state index contributed by atoms with van der Waals surface area (Å²) in [5.74, 6) is 0.493. The van der Waals surface area contributed by atoms with E-state index in [2.05, 4.69) is 27.2 Å². The Labute approximate surface area is 119 Å². The summed E-state index contributed by atoms with van der Waals surface area (Å²) in [7, 11) is 0. The molecule has 1 aliphatic heterocycles. The SMILES string of the molecule is CCCNc1nc(OCC)nc(OC2CCOCC2)n1. The Balaban J connectivity index is 2.06. The van der Waals surface area contributed by atoms with Gasteiger partial charge in [0.05, 0.1) is 19.8 Å². The van der Waals surface area contributed by atoms with E-state index in [9.17, 15) is 0 Å². The maximum absolute atomic E-state index is 5.80. The molecule has 0 aromatic carbocycles. The fourth-order valence-electron chi connectivity index (χ4n) is 1.84. The zero-order chi connectivity index (χ0) is 14.2. The van der Waals surface area contributed by atoms with E-state index in [1.165, 1.54) is 0 Å². The molecular formula is C13H22N4O3. The van der Waals surface area contributed by atoms with Gasteiger partial charge in [-0.15, -0.1) is 4.98 Å². The monoisotopic (exact) mass is 282 g/mol. The molecule has 0 atom stereocenters. The molecule has 1 fully saturated rings. The molecule has 1 aromatic heterocycles. The molecule has 0 aliphatic carbocycles. The summed E-state index contributed by atoms with van der Waals surface area (Å²) < 4.78 is 16.5. The number of anilines is 1. The van der Waals surface area contributed by atoms with Gasteiger partial charge in [0.25, 0.3) is 0 Å².